The first-order valence-corrected chi connectivity index (χ1v) is 8.60. The highest BCUT2D eigenvalue weighted by Gasteiger charge is 2.10. The molecule has 6 nitrogen and oxygen atoms in total. The highest BCUT2D eigenvalue weighted by atomic mass is 32.2. The molecule has 3 rings (SSSR count). The number of nitrogens with two attached hydrogens (primary N) is 1. The molecule has 1 heterocycles. The maximum absolute atomic E-state index is 10.9. The lowest BCUT2D eigenvalue weighted by atomic mass is 10.2. The summed E-state index contributed by atoms with van der Waals surface area (Å²) >= 11 is 4.00. The van der Waals surface area contributed by atoms with Gasteiger partial charge in [0.2, 0.25) is 10.0 Å². The monoisotopic (exact) mass is 348 g/mol. The van der Waals surface area contributed by atoms with Gasteiger partial charge in [-0.25, -0.2) is 18.5 Å². The van der Waals surface area contributed by atoms with Crippen LogP contribution in [0, 0.1) is 6.92 Å². The van der Waals surface area contributed by atoms with Crippen molar-refractivity contribution in [3.05, 3.63) is 60.4 Å². The Morgan fingerprint density at radius 1 is 1.13 bits per heavy atom. The van der Waals surface area contributed by atoms with Crippen molar-refractivity contribution in [2.45, 2.75) is 16.7 Å². The van der Waals surface area contributed by atoms with Crippen molar-refractivity contribution in [1.29, 1.82) is 0 Å². The quantitative estimate of drug-likeness (QED) is 0.619. The minimum Gasteiger partial charge on any atom is -0.259 e. The molecule has 2 aromatic carbocycles. The average Bonchev–Trinajstić information content (AvgIpc) is 3.01. The third kappa shape index (κ3) is 4.92. The van der Waals surface area contributed by atoms with Crippen molar-refractivity contribution < 1.29 is 8.42 Å². The minimum atomic E-state index is -3.63. The van der Waals surface area contributed by atoms with Gasteiger partial charge in [-0.05, 0) is 24.6 Å². The number of primary sulfonamides is 1. The zero-order valence-corrected chi connectivity index (χ0v) is 14.1. The van der Waals surface area contributed by atoms with Crippen LogP contribution in [0.4, 0.5) is 0 Å². The predicted octanol–water partition coefficient (Wildman–Crippen LogP) is 2.40. The number of aryl methyl sites for hydroxylation is 1. The number of sulfonamides is 1. The summed E-state index contributed by atoms with van der Waals surface area (Å²) < 4.78 is 21.8. The molecule has 0 saturated carbocycles. The third-order valence-electron chi connectivity index (χ3n) is 2.88. The summed E-state index contributed by atoms with van der Waals surface area (Å²) in [5.74, 6) is 0.811. The van der Waals surface area contributed by atoms with E-state index in [0.717, 1.165) is 17.0 Å². The summed E-state index contributed by atoms with van der Waals surface area (Å²) in [6.07, 6.45) is 1.50. The van der Waals surface area contributed by atoms with Crippen LogP contribution in [-0.2, 0) is 10.0 Å². The third-order valence-corrected chi connectivity index (χ3v) is 4.37. The lowest BCUT2D eigenvalue weighted by Gasteiger charge is -2.02. The second-order valence-electron chi connectivity index (χ2n) is 4.72. The first kappa shape index (κ1) is 17.2. The van der Waals surface area contributed by atoms with Gasteiger partial charge in [0, 0.05) is 10.5 Å². The van der Waals surface area contributed by atoms with Crippen LogP contribution in [0.2, 0.25) is 0 Å². The zero-order valence-electron chi connectivity index (χ0n) is 12.3. The number of benzene rings is 2. The fourth-order valence-corrected chi connectivity index (χ4v) is 3.08. The maximum Gasteiger partial charge on any atom is 0.239 e. The second-order valence-corrected chi connectivity index (χ2v) is 6.73. The number of H-pyrrole nitrogens is 1. The summed E-state index contributed by atoms with van der Waals surface area (Å²) in [5.41, 5.74) is 2.01. The van der Waals surface area contributed by atoms with Gasteiger partial charge in [0.15, 0.2) is 5.82 Å². The Bertz CT molecular complexity index is 864. The molecular formula is C15H16N4O2S2. The van der Waals surface area contributed by atoms with Gasteiger partial charge in [-0.3, -0.25) is 5.10 Å². The molecule has 0 radical (unpaired) electrons. The molecule has 0 aliphatic rings. The van der Waals surface area contributed by atoms with Gasteiger partial charge < -0.3 is 0 Å². The number of aromatic nitrogens is 3. The fourth-order valence-electron chi connectivity index (χ4n) is 1.81. The van der Waals surface area contributed by atoms with E-state index in [1.165, 1.54) is 12.4 Å². The van der Waals surface area contributed by atoms with Crippen molar-refractivity contribution in [2.75, 3.05) is 0 Å². The van der Waals surface area contributed by atoms with Gasteiger partial charge in [0.05, 0.1) is 4.90 Å². The normalized spacial score (nSPS) is 10.7. The van der Waals surface area contributed by atoms with Gasteiger partial charge in [-0.2, -0.15) is 5.10 Å². The Hall–Kier alpha value is -2.16. The van der Waals surface area contributed by atoms with Gasteiger partial charge in [-0.15, -0.1) is 12.6 Å². The Kier molecular flexibility index (Phi) is 5.54. The first-order chi connectivity index (χ1) is 10.9. The summed E-state index contributed by atoms with van der Waals surface area (Å²) in [6.45, 7) is 1.85. The van der Waals surface area contributed by atoms with E-state index in [0.29, 0.717) is 4.90 Å². The molecule has 0 saturated heterocycles. The molecule has 0 atom stereocenters. The van der Waals surface area contributed by atoms with Gasteiger partial charge >= 0.3 is 0 Å². The zero-order chi connectivity index (χ0) is 16.9. The van der Waals surface area contributed by atoms with Gasteiger partial charge in [0.25, 0.3) is 0 Å². The fraction of sp³-hybridized carbons (Fsp3) is 0.0667. The molecule has 0 unspecified atom stereocenters. The lowest BCUT2D eigenvalue weighted by Crippen LogP contribution is -2.12. The van der Waals surface area contributed by atoms with Crippen molar-refractivity contribution >= 4 is 22.7 Å². The van der Waals surface area contributed by atoms with E-state index in [1.807, 2.05) is 37.3 Å². The minimum absolute atomic E-state index is 0.0661. The highest BCUT2D eigenvalue weighted by molar-refractivity contribution is 7.90. The topological polar surface area (TPSA) is 102 Å². The van der Waals surface area contributed by atoms with Crippen molar-refractivity contribution in [1.82, 2.24) is 15.2 Å². The largest absolute Gasteiger partial charge is 0.259 e. The number of nitrogens with one attached hydrogen (secondary N) is 1. The molecule has 0 spiro atoms. The molecule has 23 heavy (non-hydrogen) atoms. The second kappa shape index (κ2) is 7.40. The van der Waals surface area contributed by atoms with E-state index < -0.39 is 10.0 Å². The van der Waals surface area contributed by atoms with Crippen molar-refractivity contribution in [3.63, 3.8) is 0 Å². The number of hydrogen-bond acceptors (Lipinski definition) is 5. The summed E-state index contributed by atoms with van der Waals surface area (Å²) in [7, 11) is -3.63. The molecule has 0 aliphatic heterocycles. The van der Waals surface area contributed by atoms with Crippen LogP contribution < -0.4 is 5.14 Å². The Morgan fingerprint density at radius 2 is 1.83 bits per heavy atom. The predicted molar refractivity (Wildman–Crippen MR) is 91.6 cm³/mol. The van der Waals surface area contributed by atoms with Crippen LogP contribution in [0.5, 0.6) is 0 Å². The van der Waals surface area contributed by atoms with E-state index in [9.17, 15) is 8.42 Å². The SMILES string of the molecule is Cc1ccc(S(N)(=O)=O)c(S)c1.c1ccc(-c2ncn[nH]2)cc1. The van der Waals surface area contributed by atoms with Gasteiger partial charge in [0.1, 0.15) is 6.33 Å². The molecule has 3 N–H and O–H groups in total. The molecule has 1 aromatic heterocycles. The molecule has 0 aliphatic carbocycles. The van der Waals surface area contributed by atoms with E-state index in [2.05, 4.69) is 27.8 Å². The van der Waals surface area contributed by atoms with Crippen LogP contribution in [0.15, 0.2) is 64.6 Å². The molecule has 0 bridgehead atoms. The summed E-state index contributed by atoms with van der Waals surface area (Å²) in [5, 5.41) is 11.5. The maximum atomic E-state index is 10.9. The molecule has 8 heteroatoms. The smallest absolute Gasteiger partial charge is 0.239 e. The summed E-state index contributed by atoms with van der Waals surface area (Å²) in [6, 6.07) is 14.7. The standard InChI is InChI=1S/C8H7N3.C7H9NO2S2/c1-2-4-7(5-3-1)8-9-6-10-11-8;1-5-2-3-7(6(11)4-5)12(8,9)10/h1-6H,(H,9,10,11);2-4,11H,1H3,(H2,8,9,10). The van der Waals surface area contributed by atoms with Crippen molar-refractivity contribution in [2.24, 2.45) is 5.14 Å². The molecule has 120 valence electrons. The highest BCUT2D eigenvalue weighted by Crippen LogP contribution is 2.19. The molecule has 0 amide bonds. The van der Waals surface area contributed by atoms with E-state index in [1.54, 1.807) is 12.1 Å². The Labute approximate surface area is 140 Å². The number of aromatic amines is 1. The lowest BCUT2D eigenvalue weighted by molar-refractivity contribution is 0.596. The van der Waals surface area contributed by atoms with Crippen LogP contribution in [0.25, 0.3) is 11.4 Å². The first-order valence-electron chi connectivity index (χ1n) is 6.61. The molecule has 0 fully saturated rings. The number of thiol groups is 1. The van der Waals surface area contributed by atoms with E-state index in [-0.39, 0.29) is 4.90 Å². The van der Waals surface area contributed by atoms with Crippen LogP contribution in [-0.4, -0.2) is 23.6 Å². The Morgan fingerprint density at radius 3 is 2.35 bits per heavy atom. The Balaban J connectivity index is 0.000000167. The average molecular weight is 348 g/mol. The van der Waals surface area contributed by atoms with Crippen LogP contribution in [0.1, 0.15) is 5.56 Å². The van der Waals surface area contributed by atoms with Crippen LogP contribution >= 0.6 is 12.6 Å². The van der Waals surface area contributed by atoms with Crippen molar-refractivity contribution in [3.8, 4) is 11.4 Å². The van der Waals surface area contributed by atoms with Gasteiger partial charge in [-0.1, -0.05) is 36.4 Å². The molecular weight excluding hydrogens is 332 g/mol. The number of nitrogens with zero attached hydrogens (tertiary/aromatic N) is 2. The van der Waals surface area contributed by atoms with E-state index in [4.69, 9.17) is 5.14 Å². The summed E-state index contributed by atoms with van der Waals surface area (Å²) in [4.78, 5) is 4.47. The van der Waals surface area contributed by atoms with E-state index >= 15 is 0 Å². The molecule has 3 aromatic rings. The van der Waals surface area contributed by atoms with Crippen LogP contribution in [0.3, 0.4) is 0 Å². The number of rotatable bonds is 2. The number of hydrogen-bond donors (Lipinski definition) is 3.